The number of amides is 2. The van der Waals surface area contributed by atoms with Crippen molar-refractivity contribution in [3.8, 4) is 11.8 Å². The van der Waals surface area contributed by atoms with Crippen LogP contribution in [0.5, 0.6) is 0 Å². The zero-order valence-electron chi connectivity index (χ0n) is 9.18. The van der Waals surface area contributed by atoms with Crippen molar-refractivity contribution in [2.75, 3.05) is 5.32 Å². The summed E-state index contributed by atoms with van der Waals surface area (Å²) in [6.45, 7) is 0. The van der Waals surface area contributed by atoms with Gasteiger partial charge in [0.1, 0.15) is 6.07 Å². The van der Waals surface area contributed by atoms with Crippen LogP contribution in [0.2, 0.25) is 0 Å². The van der Waals surface area contributed by atoms with Gasteiger partial charge >= 0.3 is 6.03 Å². The van der Waals surface area contributed by atoms with E-state index < -0.39 is 11.6 Å². The molecular formula is C11H9N5O2. The number of primary amides is 1. The molecule has 7 heteroatoms. The Morgan fingerprint density at radius 2 is 2.06 bits per heavy atom. The molecule has 1 aromatic heterocycles. The maximum atomic E-state index is 11.6. The van der Waals surface area contributed by atoms with Crippen molar-refractivity contribution in [1.29, 1.82) is 5.26 Å². The molecule has 0 aliphatic rings. The highest BCUT2D eigenvalue weighted by molar-refractivity contribution is 5.88. The molecule has 2 aromatic rings. The zero-order valence-corrected chi connectivity index (χ0v) is 9.18. The van der Waals surface area contributed by atoms with Crippen molar-refractivity contribution in [1.82, 2.24) is 9.78 Å². The van der Waals surface area contributed by atoms with Gasteiger partial charge in [0.2, 0.25) is 0 Å². The number of hydrogen-bond acceptors (Lipinski definition) is 3. The highest BCUT2D eigenvalue weighted by atomic mass is 16.2. The fourth-order valence-electron chi connectivity index (χ4n) is 1.54. The average Bonchev–Trinajstić information content (AvgIpc) is 2.66. The van der Waals surface area contributed by atoms with Crippen molar-refractivity contribution in [3.05, 3.63) is 46.2 Å². The lowest BCUT2D eigenvalue weighted by Crippen LogP contribution is -2.22. The number of carbonyl (C=O) groups is 1. The number of nitrogens with two attached hydrogens (primary N) is 1. The van der Waals surface area contributed by atoms with Crippen molar-refractivity contribution in [3.63, 3.8) is 0 Å². The van der Waals surface area contributed by atoms with E-state index in [2.05, 4.69) is 10.4 Å². The lowest BCUT2D eigenvalue weighted by atomic mass is 10.3. The first kappa shape index (κ1) is 11.5. The third kappa shape index (κ3) is 1.94. The number of H-pyrrole nitrogens is 1. The number of nitriles is 1. The van der Waals surface area contributed by atoms with Crippen LogP contribution < -0.4 is 16.6 Å². The van der Waals surface area contributed by atoms with E-state index in [4.69, 9.17) is 11.0 Å². The zero-order chi connectivity index (χ0) is 13.1. The molecule has 0 fully saturated rings. The number of benzene rings is 1. The molecule has 7 nitrogen and oxygen atoms in total. The van der Waals surface area contributed by atoms with Crippen LogP contribution in [0.25, 0.3) is 5.69 Å². The molecule has 0 bridgehead atoms. The number of aromatic nitrogens is 2. The summed E-state index contributed by atoms with van der Waals surface area (Å²) in [5, 5.41) is 13.6. The number of nitrogens with zero attached hydrogens (tertiary/aromatic N) is 2. The molecule has 18 heavy (non-hydrogen) atoms. The predicted molar refractivity (Wildman–Crippen MR) is 64.3 cm³/mol. The fourth-order valence-corrected chi connectivity index (χ4v) is 1.54. The third-order valence-electron chi connectivity index (χ3n) is 2.27. The van der Waals surface area contributed by atoms with E-state index in [0.29, 0.717) is 5.69 Å². The van der Waals surface area contributed by atoms with Crippen LogP contribution in [-0.2, 0) is 0 Å². The minimum absolute atomic E-state index is 0.0289. The maximum absolute atomic E-state index is 11.6. The Morgan fingerprint density at radius 3 is 2.61 bits per heavy atom. The van der Waals surface area contributed by atoms with E-state index >= 15 is 0 Å². The van der Waals surface area contributed by atoms with Crippen LogP contribution in [0, 0.1) is 11.3 Å². The standard InChI is InChI=1S/C11H9N5O2/c12-6-8-9(14-11(13)18)16(15-10(8)17)7-4-2-1-3-5-7/h1-5H,(H,15,17)(H3,13,14,18). The summed E-state index contributed by atoms with van der Waals surface area (Å²) in [6, 6.07) is 9.61. The van der Waals surface area contributed by atoms with Crippen LogP contribution in [0.4, 0.5) is 10.6 Å². The van der Waals surface area contributed by atoms with E-state index in [1.807, 2.05) is 0 Å². The Kier molecular flexibility index (Phi) is 2.85. The second-order valence-corrected chi connectivity index (χ2v) is 3.44. The molecule has 0 saturated heterocycles. The van der Waals surface area contributed by atoms with Crippen molar-refractivity contribution in [2.24, 2.45) is 5.73 Å². The molecule has 0 aliphatic heterocycles. The number of nitrogens with one attached hydrogen (secondary N) is 2. The Labute approximate surface area is 101 Å². The normalized spacial score (nSPS) is 9.72. The number of hydrogen-bond donors (Lipinski definition) is 3. The molecule has 0 saturated carbocycles. The number of para-hydroxylation sites is 1. The van der Waals surface area contributed by atoms with E-state index in [1.165, 1.54) is 4.68 Å². The van der Waals surface area contributed by atoms with Crippen LogP contribution in [0.1, 0.15) is 5.56 Å². The van der Waals surface area contributed by atoms with Gasteiger partial charge in [-0.15, -0.1) is 0 Å². The molecule has 4 N–H and O–H groups in total. The first-order valence-corrected chi connectivity index (χ1v) is 5.00. The van der Waals surface area contributed by atoms with E-state index in [9.17, 15) is 9.59 Å². The van der Waals surface area contributed by atoms with Crippen LogP contribution in [0.15, 0.2) is 35.1 Å². The van der Waals surface area contributed by atoms with Gasteiger partial charge in [-0.1, -0.05) is 18.2 Å². The lowest BCUT2D eigenvalue weighted by Gasteiger charge is -2.07. The molecule has 2 rings (SSSR count). The van der Waals surface area contributed by atoms with E-state index in [0.717, 1.165) is 0 Å². The van der Waals surface area contributed by atoms with Crippen LogP contribution in [0.3, 0.4) is 0 Å². The van der Waals surface area contributed by atoms with Gasteiger partial charge in [0.05, 0.1) is 5.69 Å². The van der Waals surface area contributed by atoms with Crippen LogP contribution >= 0.6 is 0 Å². The Morgan fingerprint density at radius 1 is 1.39 bits per heavy atom. The summed E-state index contributed by atoms with van der Waals surface area (Å²) in [7, 11) is 0. The Bertz CT molecular complexity index is 678. The molecule has 90 valence electrons. The van der Waals surface area contributed by atoms with Gasteiger partial charge in [-0.05, 0) is 12.1 Å². The van der Waals surface area contributed by atoms with Gasteiger partial charge in [0.25, 0.3) is 5.56 Å². The molecule has 0 aliphatic carbocycles. The van der Waals surface area contributed by atoms with Crippen molar-refractivity contribution < 1.29 is 4.79 Å². The highest BCUT2D eigenvalue weighted by Gasteiger charge is 2.16. The molecular weight excluding hydrogens is 234 g/mol. The topological polar surface area (TPSA) is 117 Å². The minimum Gasteiger partial charge on any atom is -0.351 e. The van der Waals surface area contributed by atoms with E-state index in [-0.39, 0.29) is 11.4 Å². The second kappa shape index (κ2) is 4.47. The Balaban J connectivity index is 2.65. The summed E-state index contributed by atoms with van der Waals surface area (Å²) < 4.78 is 1.30. The highest BCUT2D eigenvalue weighted by Crippen LogP contribution is 2.16. The molecule has 1 heterocycles. The van der Waals surface area contributed by atoms with Gasteiger partial charge in [-0.3, -0.25) is 15.2 Å². The van der Waals surface area contributed by atoms with Gasteiger partial charge in [0, 0.05) is 0 Å². The van der Waals surface area contributed by atoms with Crippen molar-refractivity contribution in [2.45, 2.75) is 0 Å². The summed E-state index contributed by atoms with van der Waals surface area (Å²) >= 11 is 0. The number of carbonyl (C=O) groups excluding carboxylic acids is 1. The van der Waals surface area contributed by atoms with Gasteiger partial charge in [0.15, 0.2) is 11.4 Å². The molecule has 0 radical (unpaired) electrons. The SMILES string of the molecule is N#Cc1c(NC(N)=O)n(-c2ccccc2)[nH]c1=O. The van der Waals surface area contributed by atoms with Gasteiger partial charge < -0.3 is 5.73 Å². The van der Waals surface area contributed by atoms with Crippen molar-refractivity contribution >= 4 is 11.8 Å². The fraction of sp³-hybridized carbons (Fsp3) is 0. The molecule has 2 amide bonds. The molecule has 0 atom stereocenters. The minimum atomic E-state index is -0.852. The first-order valence-electron chi connectivity index (χ1n) is 5.00. The predicted octanol–water partition coefficient (Wildman–Crippen LogP) is 0.528. The first-order chi connectivity index (χ1) is 8.63. The van der Waals surface area contributed by atoms with Gasteiger partial charge in [-0.2, -0.15) is 5.26 Å². The molecule has 1 aromatic carbocycles. The monoisotopic (exact) mass is 243 g/mol. The quantitative estimate of drug-likeness (QED) is 0.713. The number of anilines is 1. The van der Waals surface area contributed by atoms with Gasteiger partial charge in [-0.25, -0.2) is 9.48 Å². The lowest BCUT2D eigenvalue weighted by molar-refractivity contribution is 0.259. The summed E-state index contributed by atoms with van der Waals surface area (Å²) in [6.07, 6.45) is 0. The summed E-state index contributed by atoms with van der Waals surface area (Å²) in [5.41, 5.74) is 4.82. The summed E-state index contributed by atoms with van der Waals surface area (Å²) in [4.78, 5) is 22.5. The second-order valence-electron chi connectivity index (χ2n) is 3.44. The van der Waals surface area contributed by atoms with Crippen LogP contribution in [-0.4, -0.2) is 15.8 Å². The largest absolute Gasteiger partial charge is 0.351 e. The summed E-state index contributed by atoms with van der Waals surface area (Å²) in [5.74, 6) is 0.0289. The third-order valence-corrected chi connectivity index (χ3v) is 2.27. The maximum Gasteiger partial charge on any atom is 0.317 e. The number of urea groups is 1. The number of rotatable bonds is 2. The average molecular weight is 243 g/mol. The smallest absolute Gasteiger partial charge is 0.317 e. The molecule has 0 unspecified atom stereocenters. The van der Waals surface area contributed by atoms with E-state index in [1.54, 1.807) is 36.4 Å². The number of aromatic amines is 1. The Hall–Kier alpha value is -3.01. The molecule has 0 spiro atoms.